The number of pyridine rings is 1. The molecule has 108 valence electrons. The van der Waals surface area contributed by atoms with E-state index < -0.39 is 10.0 Å². The highest BCUT2D eigenvalue weighted by Crippen LogP contribution is 2.27. The summed E-state index contributed by atoms with van der Waals surface area (Å²) in [6.07, 6.45) is 2.25. The lowest BCUT2D eigenvalue weighted by molar-refractivity contribution is 0.472. The molecule has 2 aromatic rings. The number of aryl methyl sites for hydroxylation is 1. The van der Waals surface area contributed by atoms with Crippen LogP contribution < -0.4 is 5.73 Å². The molecule has 6 nitrogen and oxygen atoms in total. The van der Waals surface area contributed by atoms with Gasteiger partial charge in [-0.25, -0.2) is 13.4 Å². The standard InChI is InChI=1S/C12H16N4O2S2/c1-9-11(19-12(13)15-9)20(17,18)16(2)8-6-10-5-3-4-7-14-10/h3-5,7H,6,8H2,1-2H3,(H2,13,15). The molecule has 0 fully saturated rings. The number of anilines is 1. The van der Waals surface area contributed by atoms with Crippen LogP contribution in [-0.4, -0.2) is 36.3 Å². The molecule has 0 spiro atoms. The fourth-order valence-corrected chi connectivity index (χ4v) is 4.38. The van der Waals surface area contributed by atoms with E-state index in [0.29, 0.717) is 18.7 Å². The lowest BCUT2D eigenvalue weighted by atomic mass is 10.3. The number of nitrogens with two attached hydrogens (primary N) is 1. The van der Waals surface area contributed by atoms with Gasteiger partial charge in [-0.1, -0.05) is 17.4 Å². The molecule has 0 saturated carbocycles. The van der Waals surface area contributed by atoms with Crippen LogP contribution in [0.1, 0.15) is 11.4 Å². The molecule has 0 aliphatic heterocycles. The van der Waals surface area contributed by atoms with Gasteiger partial charge < -0.3 is 5.73 Å². The van der Waals surface area contributed by atoms with Gasteiger partial charge in [-0.15, -0.1) is 0 Å². The summed E-state index contributed by atoms with van der Waals surface area (Å²) in [5.74, 6) is 0. The van der Waals surface area contributed by atoms with Crippen molar-refractivity contribution in [1.29, 1.82) is 0 Å². The Bertz CT molecular complexity index is 683. The highest BCUT2D eigenvalue weighted by atomic mass is 32.2. The largest absolute Gasteiger partial charge is 0.375 e. The molecule has 2 rings (SSSR count). The van der Waals surface area contributed by atoms with Crippen LogP contribution in [0.15, 0.2) is 28.6 Å². The van der Waals surface area contributed by atoms with Gasteiger partial charge in [-0.3, -0.25) is 4.98 Å². The van der Waals surface area contributed by atoms with Crippen molar-refractivity contribution in [3.05, 3.63) is 35.8 Å². The summed E-state index contributed by atoms with van der Waals surface area (Å²) in [5, 5.41) is 0.263. The second-order valence-electron chi connectivity index (χ2n) is 4.32. The third-order valence-electron chi connectivity index (χ3n) is 2.82. The van der Waals surface area contributed by atoms with Crippen molar-refractivity contribution in [3.63, 3.8) is 0 Å². The third-order valence-corrected chi connectivity index (χ3v) is 6.25. The third kappa shape index (κ3) is 3.14. The van der Waals surface area contributed by atoms with Crippen molar-refractivity contribution in [1.82, 2.24) is 14.3 Å². The van der Waals surface area contributed by atoms with Gasteiger partial charge in [0.25, 0.3) is 10.0 Å². The van der Waals surface area contributed by atoms with Crippen LogP contribution in [-0.2, 0) is 16.4 Å². The smallest absolute Gasteiger partial charge is 0.254 e. The molecule has 0 saturated heterocycles. The number of thiazole rings is 1. The summed E-state index contributed by atoms with van der Waals surface area (Å²) in [6.45, 7) is 2.00. The minimum atomic E-state index is -3.54. The topological polar surface area (TPSA) is 89.2 Å². The van der Waals surface area contributed by atoms with E-state index in [1.165, 1.54) is 4.31 Å². The quantitative estimate of drug-likeness (QED) is 0.898. The first kappa shape index (κ1) is 14.9. The number of nitrogens with zero attached hydrogens (tertiary/aromatic N) is 3. The zero-order chi connectivity index (χ0) is 14.8. The van der Waals surface area contributed by atoms with Crippen molar-refractivity contribution in [2.45, 2.75) is 17.6 Å². The first-order chi connectivity index (χ1) is 9.41. The van der Waals surface area contributed by atoms with Crippen LogP contribution in [0, 0.1) is 6.92 Å². The average molecular weight is 312 g/mol. The predicted octanol–water partition coefficient (Wildman–Crippen LogP) is 1.29. The average Bonchev–Trinajstić information content (AvgIpc) is 2.77. The molecule has 0 aliphatic rings. The lowest BCUT2D eigenvalue weighted by Crippen LogP contribution is -2.29. The molecule has 0 radical (unpaired) electrons. The number of likely N-dealkylation sites (N-methyl/N-ethyl adjacent to an activating group) is 1. The Balaban J connectivity index is 2.12. The summed E-state index contributed by atoms with van der Waals surface area (Å²) >= 11 is 0.993. The fraction of sp³-hybridized carbons (Fsp3) is 0.333. The van der Waals surface area contributed by atoms with E-state index in [1.807, 2.05) is 18.2 Å². The zero-order valence-electron chi connectivity index (χ0n) is 11.3. The van der Waals surface area contributed by atoms with Gasteiger partial charge in [0.1, 0.15) is 0 Å². The molecule has 0 amide bonds. The highest BCUT2D eigenvalue weighted by molar-refractivity contribution is 7.91. The Morgan fingerprint density at radius 1 is 1.40 bits per heavy atom. The van der Waals surface area contributed by atoms with E-state index in [9.17, 15) is 8.42 Å². The van der Waals surface area contributed by atoms with Crippen LogP contribution in [0.4, 0.5) is 5.13 Å². The number of hydrogen-bond donors (Lipinski definition) is 1. The van der Waals surface area contributed by atoms with Gasteiger partial charge in [0, 0.05) is 31.9 Å². The van der Waals surface area contributed by atoms with Gasteiger partial charge in [0.2, 0.25) is 0 Å². The molecule has 0 atom stereocenters. The minimum absolute atomic E-state index is 0.207. The number of nitrogen functional groups attached to an aromatic ring is 1. The first-order valence-corrected chi connectivity index (χ1v) is 8.26. The second kappa shape index (κ2) is 5.86. The Morgan fingerprint density at radius 3 is 2.70 bits per heavy atom. The Kier molecular flexibility index (Phi) is 4.36. The minimum Gasteiger partial charge on any atom is -0.375 e. The first-order valence-electron chi connectivity index (χ1n) is 6.00. The molecule has 0 unspecified atom stereocenters. The molecule has 0 aliphatic carbocycles. The van der Waals surface area contributed by atoms with Gasteiger partial charge in [-0.05, 0) is 19.1 Å². The molecular formula is C12H16N4O2S2. The SMILES string of the molecule is Cc1nc(N)sc1S(=O)(=O)N(C)CCc1ccccn1. The molecule has 2 heterocycles. The molecule has 2 aromatic heterocycles. The molecule has 8 heteroatoms. The van der Waals surface area contributed by atoms with Crippen molar-refractivity contribution in [2.75, 3.05) is 19.3 Å². The summed E-state index contributed by atoms with van der Waals surface area (Å²) in [6, 6.07) is 5.58. The number of aromatic nitrogens is 2. The van der Waals surface area contributed by atoms with Gasteiger partial charge in [0.15, 0.2) is 9.34 Å². The highest BCUT2D eigenvalue weighted by Gasteiger charge is 2.25. The van der Waals surface area contributed by atoms with Crippen molar-refractivity contribution < 1.29 is 8.42 Å². The van der Waals surface area contributed by atoms with Crippen LogP contribution in [0.2, 0.25) is 0 Å². The van der Waals surface area contributed by atoms with Gasteiger partial charge in [0.05, 0.1) is 5.69 Å². The maximum absolute atomic E-state index is 12.4. The van der Waals surface area contributed by atoms with Crippen LogP contribution in [0.3, 0.4) is 0 Å². The summed E-state index contributed by atoms with van der Waals surface area (Å²) in [4.78, 5) is 8.13. The maximum atomic E-state index is 12.4. The van der Waals surface area contributed by atoms with Crippen molar-refractivity contribution in [3.8, 4) is 0 Å². The zero-order valence-corrected chi connectivity index (χ0v) is 12.9. The Hall–Kier alpha value is -1.51. The van der Waals surface area contributed by atoms with E-state index in [1.54, 1.807) is 20.2 Å². The van der Waals surface area contributed by atoms with Crippen LogP contribution in [0.25, 0.3) is 0 Å². The van der Waals surface area contributed by atoms with Crippen molar-refractivity contribution in [2.24, 2.45) is 0 Å². The molecular weight excluding hydrogens is 296 g/mol. The lowest BCUT2D eigenvalue weighted by Gasteiger charge is -2.15. The number of sulfonamides is 1. The maximum Gasteiger partial charge on any atom is 0.254 e. The molecule has 0 aromatic carbocycles. The Labute approximate surface area is 122 Å². The second-order valence-corrected chi connectivity index (χ2v) is 7.59. The van der Waals surface area contributed by atoms with E-state index in [0.717, 1.165) is 17.0 Å². The summed E-state index contributed by atoms with van der Waals surface area (Å²) in [5.41, 5.74) is 6.85. The predicted molar refractivity (Wildman–Crippen MR) is 79.0 cm³/mol. The summed E-state index contributed by atoms with van der Waals surface area (Å²) in [7, 11) is -1.99. The molecule has 2 N–H and O–H groups in total. The van der Waals surface area contributed by atoms with E-state index in [2.05, 4.69) is 9.97 Å². The number of hydrogen-bond acceptors (Lipinski definition) is 6. The molecule has 20 heavy (non-hydrogen) atoms. The monoisotopic (exact) mass is 312 g/mol. The van der Waals surface area contributed by atoms with Crippen LogP contribution in [0.5, 0.6) is 0 Å². The van der Waals surface area contributed by atoms with E-state index >= 15 is 0 Å². The number of rotatable bonds is 5. The normalized spacial score (nSPS) is 11.9. The van der Waals surface area contributed by atoms with E-state index in [4.69, 9.17) is 5.73 Å². The fourth-order valence-electron chi connectivity index (χ4n) is 1.72. The Morgan fingerprint density at radius 2 is 2.15 bits per heavy atom. The van der Waals surface area contributed by atoms with Crippen molar-refractivity contribution >= 4 is 26.5 Å². The summed E-state index contributed by atoms with van der Waals surface area (Å²) < 4.78 is 26.3. The van der Waals surface area contributed by atoms with Gasteiger partial charge in [-0.2, -0.15) is 4.31 Å². The van der Waals surface area contributed by atoms with Gasteiger partial charge >= 0.3 is 0 Å². The van der Waals surface area contributed by atoms with E-state index in [-0.39, 0.29) is 9.34 Å². The van der Waals surface area contributed by atoms with Crippen LogP contribution >= 0.6 is 11.3 Å². The molecule has 0 bridgehead atoms.